The molecule has 25 heavy (non-hydrogen) atoms. The number of rotatable bonds is 4. The highest BCUT2D eigenvalue weighted by Crippen LogP contribution is 2.26. The van der Waals surface area contributed by atoms with Gasteiger partial charge in [0.25, 0.3) is 5.91 Å². The molecule has 2 N–H and O–H groups in total. The molecule has 7 heteroatoms. The molecule has 1 aliphatic rings. The number of carboxylic acid groups (broad SMARTS) is 1. The lowest BCUT2D eigenvalue weighted by molar-refractivity contribution is -0.142. The van der Waals surface area contributed by atoms with Gasteiger partial charge in [-0.25, -0.2) is 9.07 Å². The highest BCUT2D eigenvalue weighted by molar-refractivity contribution is 5.95. The molecule has 2 aromatic rings. The minimum atomic E-state index is -0.908. The van der Waals surface area contributed by atoms with E-state index in [1.54, 1.807) is 0 Å². The van der Waals surface area contributed by atoms with Crippen molar-refractivity contribution < 1.29 is 19.1 Å². The molecule has 0 radical (unpaired) electrons. The van der Waals surface area contributed by atoms with Crippen LogP contribution in [0.15, 0.2) is 24.3 Å². The summed E-state index contributed by atoms with van der Waals surface area (Å²) in [5.74, 6) is -2.51. The Morgan fingerprint density at radius 3 is 2.64 bits per heavy atom. The van der Waals surface area contributed by atoms with Crippen LogP contribution in [0, 0.1) is 25.6 Å². The van der Waals surface area contributed by atoms with Gasteiger partial charge in [0, 0.05) is 17.3 Å². The molecule has 1 fully saturated rings. The third-order valence-corrected chi connectivity index (χ3v) is 4.60. The van der Waals surface area contributed by atoms with Gasteiger partial charge in [0.2, 0.25) is 0 Å². The van der Waals surface area contributed by atoms with Crippen LogP contribution in [0.3, 0.4) is 0 Å². The standard InChI is InChI=1S/C18H20FN3O3/c1-10-8-11(2)22(21-10)16-7-6-12(9-14(16)19)17(23)20-15-5-3-4-13(15)18(24)25/h6-9,13,15H,3-5H2,1-2H3,(H,20,23)(H,24,25)/t13-,15+/m0/s1. The van der Waals surface area contributed by atoms with Crippen LogP contribution >= 0.6 is 0 Å². The Morgan fingerprint density at radius 1 is 1.28 bits per heavy atom. The Labute approximate surface area is 144 Å². The maximum Gasteiger partial charge on any atom is 0.308 e. The van der Waals surface area contributed by atoms with E-state index in [2.05, 4.69) is 10.4 Å². The lowest BCUT2D eigenvalue weighted by Gasteiger charge is -2.17. The minimum absolute atomic E-state index is 0.166. The van der Waals surface area contributed by atoms with E-state index in [9.17, 15) is 19.1 Å². The minimum Gasteiger partial charge on any atom is -0.481 e. The molecule has 6 nitrogen and oxygen atoms in total. The number of carbonyl (C=O) groups is 2. The molecule has 1 aromatic heterocycles. The predicted molar refractivity (Wildman–Crippen MR) is 89.2 cm³/mol. The molecule has 1 saturated carbocycles. The van der Waals surface area contributed by atoms with E-state index < -0.39 is 29.7 Å². The van der Waals surface area contributed by atoms with E-state index in [0.29, 0.717) is 12.8 Å². The number of halogens is 1. The van der Waals surface area contributed by atoms with Crippen LogP contribution in [0.4, 0.5) is 4.39 Å². The van der Waals surface area contributed by atoms with Gasteiger partial charge in [-0.05, 0) is 51.0 Å². The molecule has 0 spiro atoms. The molecule has 1 aliphatic carbocycles. The molecule has 0 saturated heterocycles. The first-order valence-corrected chi connectivity index (χ1v) is 8.23. The SMILES string of the molecule is Cc1cc(C)n(-c2ccc(C(=O)N[C@@H]3CCC[C@@H]3C(=O)O)cc2F)n1. The zero-order valence-electron chi connectivity index (χ0n) is 14.1. The quantitative estimate of drug-likeness (QED) is 0.892. The van der Waals surface area contributed by atoms with Crippen LogP contribution in [-0.2, 0) is 4.79 Å². The summed E-state index contributed by atoms with van der Waals surface area (Å²) in [6, 6.07) is 5.61. The van der Waals surface area contributed by atoms with Crippen molar-refractivity contribution in [3.63, 3.8) is 0 Å². The van der Waals surface area contributed by atoms with Gasteiger partial charge in [-0.3, -0.25) is 9.59 Å². The Morgan fingerprint density at radius 2 is 2.04 bits per heavy atom. The Hall–Kier alpha value is -2.70. The summed E-state index contributed by atoms with van der Waals surface area (Å²) in [7, 11) is 0. The summed E-state index contributed by atoms with van der Waals surface area (Å²) in [4.78, 5) is 23.5. The van der Waals surface area contributed by atoms with Crippen molar-refractivity contribution in [2.24, 2.45) is 5.92 Å². The van der Waals surface area contributed by atoms with Gasteiger partial charge >= 0.3 is 5.97 Å². The number of benzene rings is 1. The van der Waals surface area contributed by atoms with Crippen molar-refractivity contribution in [1.82, 2.24) is 15.1 Å². The number of aliphatic carboxylic acids is 1. The highest BCUT2D eigenvalue weighted by atomic mass is 19.1. The van der Waals surface area contributed by atoms with Gasteiger partial charge in [0.15, 0.2) is 0 Å². The fourth-order valence-corrected chi connectivity index (χ4v) is 3.37. The molecule has 2 atom stereocenters. The number of carboxylic acids is 1. The van der Waals surface area contributed by atoms with Crippen LogP contribution in [0.1, 0.15) is 41.0 Å². The molecular formula is C18H20FN3O3. The number of aromatic nitrogens is 2. The fraction of sp³-hybridized carbons (Fsp3) is 0.389. The number of carbonyl (C=O) groups excluding carboxylic acids is 1. The van der Waals surface area contributed by atoms with E-state index in [1.165, 1.54) is 16.8 Å². The van der Waals surface area contributed by atoms with E-state index in [4.69, 9.17) is 0 Å². The first-order chi connectivity index (χ1) is 11.9. The van der Waals surface area contributed by atoms with Crippen molar-refractivity contribution in [3.05, 3.63) is 47.0 Å². The molecular weight excluding hydrogens is 325 g/mol. The lowest BCUT2D eigenvalue weighted by atomic mass is 10.0. The number of hydrogen-bond donors (Lipinski definition) is 2. The zero-order chi connectivity index (χ0) is 18.1. The fourth-order valence-electron chi connectivity index (χ4n) is 3.37. The number of aryl methyl sites for hydroxylation is 2. The summed E-state index contributed by atoms with van der Waals surface area (Å²) < 4.78 is 16.0. The third kappa shape index (κ3) is 3.40. The predicted octanol–water partition coefficient (Wildman–Crippen LogP) is 2.61. The zero-order valence-corrected chi connectivity index (χ0v) is 14.1. The number of nitrogens with zero attached hydrogens (tertiary/aromatic N) is 2. The van der Waals surface area contributed by atoms with E-state index in [0.717, 1.165) is 23.9 Å². The average Bonchev–Trinajstić information content (AvgIpc) is 3.13. The maximum absolute atomic E-state index is 14.5. The average molecular weight is 345 g/mol. The van der Waals surface area contributed by atoms with Gasteiger partial charge in [0.05, 0.1) is 11.6 Å². The molecule has 0 aliphatic heterocycles. The van der Waals surface area contributed by atoms with Gasteiger partial charge in [-0.15, -0.1) is 0 Å². The molecule has 1 amide bonds. The summed E-state index contributed by atoms with van der Waals surface area (Å²) >= 11 is 0. The van der Waals surface area contributed by atoms with E-state index >= 15 is 0 Å². The van der Waals surface area contributed by atoms with Crippen LogP contribution in [-0.4, -0.2) is 32.8 Å². The third-order valence-electron chi connectivity index (χ3n) is 4.60. The van der Waals surface area contributed by atoms with Crippen molar-refractivity contribution in [2.45, 2.75) is 39.2 Å². The molecule has 132 valence electrons. The smallest absolute Gasteiger partial charge is 0.308 e. The van der Waals surface area contributed by atoms with E-state index in [1.807, 2.05) is 19.9 Å². The number of nitrogens with one attached hydrogen (secondary N) is 1. The highest BCUT2D eigenvalue weighted by Gasteiger charge is 2.34. The molecule has 1 aromatic carbocycles. The summed E-state index contributed by atoms with van der Waals surface area (Å²) in [5, 5.41) is 16.1. The van der Waals surface area contributed by atoms with Crippen molar-refractivity contribution in [2.75, 3.05) is 0 Å². The molecule has 0 unspecified atom stereocenters. The lowest BCUT2D eigenvalue weighted by Crippen LogP contribution is -2.40. The summed E-state index contributed by atoms with van der Waals surface area (Å²) in [6.07, 6.45) is 1.92. The summed E-state index contributed by atoms with van der Waals surface area (Å²) in [6.45, 7) is 3.65. The van der Waals surface area contributed by atoms with Crippen LogP contribution < -0.4 is 5.32 Å². The largest absolute Gasteiger partial charge is 0.481 e. The number of amides is 1. The van der Waals surface area contributed by atoms with Crippen molar-refractivity contribution in [1.29, 1.82) is 0 Å². The van der Waals surface area contributed by atoms with E-state index in [-0.39, 0.29) is 11.3 Å². The van der Waals surface area contributed by atoms with Gasteiger partial charge in [0.1, 0.15) is 11.5 Å². The summed E-state index contributed by atoms with van der Waals surface area (Å²) in [5.41, 5.74) is 2.01. The monoisotopic (exact) mass is 345 g/mol. The molecule has 0 bridgehead atoms. The number of hydrogen-bond acceptors (Lipinski definition) is 3. The Balaban J connectivity index is 1.79. The Kier molecular flexibility index (Phi) is 4.57. The molecule has 3 rings (SSSR count). The second-order valence-electron chi connectivity index (χ2n) is 6.46. The van der Waals surface area contributed by atoms with Crippen molar-refractivity contribution >= 4 is 11.9 Å². The van der Waals surface area contributed by atoms with Gasteiger partial charge < -0.3 is 10.4 Å². The van der Waals surface area contributed by atoms with Gasteiger partial charge in [-0.1, -0.05) is 6.42 Å². The van der Waals surface area contributed by atoms with Gasteiger partial charge in [-0.2, -0.15) is 5.10 Å². The first-order valence-electron chi connectivity index (χ1n) is 8.23. The Bertz CT molecular complexity index is 831. The second-order valence-corrected chi connectivity index (χ2v) is 6.46. The second kappa shape index (κ2) is 6.66. The molecule has 1 heterocycles. The van der Waals surface area contributed by atoms with Crippen LogP contribution in [0.5, 0.6) is 0 Å². The maximum atomic E-state index is 14.5. The first kappa shape index (κ1) is 17.1. The topological polar surface area (TPSA) is 84.2 Å². The normalized spacial score (nSPS) is 19.8. The van der Waals surface area contributed by atoms with Crippen LogP contribution in [0.2, 0.25) is 0 Å². The van der Waals surface area contributed by atoms with Crippen LogP contribution in [0.25, 0.3) is 5.69 Å². The van der Waals surface area contributed by atoms with Crippen molar-refractivity contribution in [3.8, 4) is 5.69 Å².